The van der Waals surface area contributed by atoms with Crippen LogP contribution in [0.2, 0.25) is 0 Å². The number of fused-ring (bicyclic) bond motifs is 2. The van der Waals surface area contributed by atoms with E-state index in [0.29, 0.717) is 18.4 Å². The quantitative estimate of drug-likeness (QED) is 0.579. The zero-order chi connectivity index (χ0) is 21.2. The van der Waals surface area contributed by atoms with Gasteiger partial charge in [0, 0.05) is 18.7 Å². The molecular weight excluding hydrogens is 386 g/mol. The number of benzene rings is 2. The summed E-state index contributed by atoms with van der Waals surface area (Å²) >= 11 is 0. The lowest BCUT2D eigenvalue weighted by Gasteiger charge is -2.23. The summed E-state index contributed by atoms with van der Waals surface area (Å²) in [4.78, 5) is 12.6. The van der Waals surface area contributed by atoms with Gasteiger partial charge in [-0.2, -0.15) is 10.4 Å². The fourth-order valence-corrected chi connectivity index (χ4v) is 4.87. The molecule has 1 aliphatic heterocycles. The van der Waals surface area contributed by atoms with Gasteiger partial charge in [0.1, 0.15) is 6.04 Å². The largest absolute Gasteiger partial charge is 0.339 e. The first-order chi connectivity index (χ1) is 15.2. The first kappa shape index (κ1) is 19.5. The number of aromatic amines is 1. The van der Waals surface area contributed by atoms with Crippen molar-refractivity contribution in [2.75, 3.05) is 0 Å². The number of aromatic nitrogens is 2. The second-order valence-electron chi connectivity index (χ2n) is 8.55. The molecule has 2 aliphatic rings. The van der Waals surface area contributed by atoms with Crippen LogP contribution in [0.1, 0.15) is 24.8 Å². The van der Waals surface area contributed by atoms with Gasteiger partial charge in [-0.25, -0.2) is 0 Å². The molecular formula is C25H25N5O. The Hall–Kier alpha value is -3.43. The van der Waals surface area contributed by atoms with Gasteiger partial charge in [0.2, 0.25) is 5.91 Å². The lowest BCUT2D eigenvalue weighted by Crippen LogP contribution is -2.50. The molecule has 6 heteroatoms. The van der Waals surface area contributed by atoms with Gasteiger partial charge in [-0.15, -0.1) is 0 Å². The predicted octanol–water partition coefficient (Wildman–Crippen LogP) is 3.44. The van der Waals surface area contributed by atoms with Crippen LogP contribution in [0, 0.1) is 17.2 Å². The minimum Gasteiger partial charge on any atom is -0.339 e. The van der Waals surface area contributed by atoms with Crippen molar-refractivity contribution < 1.29 is 4.79 Å². The van der Waals surface area contributed by atoms with E-state index in [0.717, 1.165) is 47.2 Å². The molecule has 156 valence electrons. The minimum absolute atomic E-state index is 0.0345. The van der Waals surface area contributed by atoms with Crippen LogP contribution in [0.5, 0.6) is 0 Å². The summed E-state index contributed by atoms with van der Waals surface area (Å²) in [7, 11) is 0. The van der Waals surface area contributed by atoms with E-state index >= 15 is 0 Å². The number of hydrogen-bond acceptors (Lipinski definition) is 4. The Balaban J connectivity index is 1.21. The summed E-state index contributed by atoms with van der Waals surface area (Å²) in [6.45, 7) is 0. The molecule has 1 aliphatic carbocycles. The molecule has 2 heterocycles. The average Bonchev–Trinajstić information content (AvgIpc) is 3.58. The molecule has 3 aromatic rings. The van der Waals surface area contributed by atoms with E-state index in [2.05, 4.69) is 63.3 Å². The van der Waals surface area contributed by atoms with E-state index < -0.39 is 6.04 Å². The molecule has 4 atom stereocenters. The van der Waals surface area contributed by atoms with Gasteiger partial charge < -0.3 is 10.6 Å². The number of rotatable bonds is 6. The van der Waals surface area contributed by atoms with Crippen molar-refractivity contribution in [1.82, 2.24) is 20.8 Å². The second kappa shape index (κ2) is 8.37. The molecule has 5 rings (SSSR count). The third-order valence-electron chi connectivity index (χ3n) is 6.54. The molecule has 2 aromatic carbocycles. The van der Waals surface area contributed by atoms with E-state index in [1.807, 2.05) is 18.2 Å². The summed E-state index contributed by atoms with van der Waals surface area (Å²) in [5.41, 5.74) is 5.36. The van der Waals surface area contributed by atoms with E-state index in [4.69, 9.17) is 0 Å². The highest BCUT2D eigenvalue weighted by Crippen LogP contribution is 2.35. The summed E-state index contributed by atoms with van der Waals surface area (Å²) in [6, 6.07) is 20.5. The number of nitriles is 1. The number of amides is 1. The molecule has 0 radical (unpaired) electrons. The molecule has 2 fully saturated rings. The number of piperidine rings is 1. The lowest BCUT2D eigenvalue weighted by atomic mass is 9.98. The molecule has 31 heavy (non-hydrogen) atoms. The molecule has 3 N–H and O–H groups in total. The summed E-state index contributed by atoms with van der Waals surface area (Å²) in [5.74, 6) is 0.385. The van der Waals surface area contributed by atoms with Crippen molar-refractivity contribution >= 4 is 5.91 Å². The maximum Gasteiger partial charge on any atom is 0.238 e. The Labute approximate surface area is 181 Å². The minimum atomic E-state index is -0.520. The van der Waals surface area contributed by atoms with Gasteiger partial charge >= 0.3 is 0 Å². The maximum atomic E-state index is 12.6. The number of carbonyl (C=O) groups is 1. The maximum absolute atomic E-state index is 12.6. The number of carbonyl (C=O) groups excluding carboxylic acids is 1. The standard InChI is InChI=1S/C25H25N5O/c26-15-22(29-25(31)24-20-9-10-21(14-20)28-24)13-16-1-3-17(4-2-16)18-5-7-19(8-6-18)23-11-12-27-30-23/h1-8,11-12,20-22,24,28H,9-10,13-14H2,(H,27,30)(H,29,31). The highest BCUT2D eigenvalue weighted by Gasteiger charge is 2.43. The fourth-order valence-electron chi connectivity index (χ4n) is 4.87. The molecule has 0 spiro atoms. The fraction of sp³-hybridized carbons (Fsp3) is 0.320. The van der Waals surface area contributed by atoms with Crippen LogP contribution in [0.25, 0.3) is 22.4 Å². The van der Waals surface area contributed by atoms with Crippen molar-refractivity contribution in [1.29, 1.82) is 5.26 Å². The zero-order valence-electron chi connectivity index (χ0n) is 17.2. The van der Waals surface area contributed by atoms with Gasteiger partial charge in [-0.05, 0) is 53.5 Å². The molecule has 4 unspecified atom stereocenters. The van der Waals surface area contributed by atoms with Gasteiger partial charge in [0.15, 0.2) is 0 Å². The number of nitrogens with zero attached hydrogens (tertiary/aromatic N) is 2. The van der Waals surface area contributed by atoms with Gasteiger partial charge in [0.05, 0.1) is 17.8 Å². The Morgan fingerprint density at radius 2 is 1.77 bits per heavy atom. The second-order valence-corrected chi connectivity index (χ2v) is 8.55. The van der Waals surface area contributed by atoms with E-state index in [1.54, 1.807) is 6.20 Å². The predicted molar refractivity (Wildman–Crippen MR) is 119 cm³/mol. The third kappa shape index (κ3) is 4.10. The van der Waals surface area contributed by atoms with E-state index in [-0.39, 0.29) is 11.9 Å². The summed E-state index contributed by atoms with van der Waals surface area (Å²) in [5, 5.41) is 22.9. The Bertz CT molecular complexity index is 1080. The van der Waals surface area contributed by atoms with Crippen molar-refractivity contribution in [2.24, 2.45) is 5.92 Å². The van der Waals surface area contributed by atoms with E-state index in [1.165, 1.54) is 0 Å². The van der Waals surface area contributed by atoms with Crippen molar-refractivity contribution in [2.45, 2.75) is 43.8 Å². The molecule has 1 aromatic heterocycles. The molecule has 6 nitrogen and oxygen atoms in total. The number of H-pyrrole nitrogens is 1. The first-order valence-electron chi connectivity index (χ1n) is 10.8. The molecule has 1 saturated carbocycles. The van der Waals surface area contributed by atoms with Gasteiger partial charge in [-0.3, -0.25) is 9.89 Å². The van der Waals surface area contributed by atoms with E-state index in [9.17, 15) is 10.1 Å². The Kier molecular flexibility index (Phi) is 5.27. The number of nitrogens with one attached hydrogen (secondary N) is 3. The third-order valence-corrected chi connectivity index (χ3v) is 6.54. The SMILES string of the molecule is N#CC(Cc1ccc(-c2ccc(-c3ccn[nH]3)cc2)cc1)NC(=O)C1NC2CCC1C2. The average molecular weight is 412 g/mol. The van der Waals surface area contributed by atoms with Gasteiger partial charge in [0.25, 0.3) is 0 Å². The van der Waals surface area contributed by atoms with Crippen LogP contribution in [0.4, 0.5) is 0 Å². The Morgan fingerprint density at radius 3 is 2.35 bits per heavy atom. The van der Waals surface area contributed by atoms with Crippen molar-refractivity contribution in [3.05, 3.63) is 66.4 Å². The van der Waals surface area contributed by atoms with Crippen LogP contribution in [0.15, 0.2) is 60.8 Å². The zero-order valence-corrected chi connectivity index (χ0v) is 17.2. The molecule has 1 saturated heterocycles. The monoisotopic (exact) mass is 411 g/mol. The topological polar surface area (TPSA) is 93.6 Å². The highest BCUT2D eigenvalue weighted by molar-refractivity contribution is 5.83. The first-order valence-corrected chi connectivity index (χ1v) is 10.8. The van der Waals surface area contributed by atoms with Crippen LogP contribution < -0.4 is 10.6 Å². The van der Waals surface area contributed by atoms with Crippen LogP contribution in [-0.2, 0) is 11.2 Å². The summed E-state index contributed by atoms with van der Waals surface area (Å²) in [6.07, 6.45) is 5.60. The van der Waals surface area contributed by atoms with Gasteiger partial charge in [-0.1, -0.05) is 48.5 Å². The van der Waals surface area contributed by atoms with Crippen LogP contribution >= 0.6 is 0 Å². The van der Waals surface area contributed by atoms with Crippen LogP contribution in [-0.4, -0.2) is 34.2 Å². The molecule has 2 bridgehead atoms. The van der Waals surface area contributed by atoms with Crippen molar-refractivity contribution in [3.63, 3.8) is 0 Å². The normalized spacial score (nSPS) is 22.7. The lowest BCUT2D eigenvalue weighted by molar-refractivity contribution is -0.124. The van der Waals surface area contributed by atoms with Crippen LogP contribution in [0.3, 0.4) is 0 Å². The number of hydrogen-bond donors (Lipinski definition) is 3. The summed E-state index contributed by atoms with van der Waals surface area (Å²) < 4.78 is 0. The smallest absolute Gasteiger partial charge is 0.238 e. The highest BCUT2D eigenvalue weighted by atomic mass is 16.2. The molecule has 1 amide bonds. The van der Waals surface area contributed by atoms with Crippen molar-refractivity contribution in [3.8, 4) is 28.5 Å². The Morgan fingerprint density at radius 1 is 1.06 bits per heavy atom.